The van der Waals surface area contributed by atoms with Gasteiger partial charge in [0.05, 0.1) is 5.84 Å². The molecule has 0 aliphatic carbocycles. The van der Waals surface area contributed by atoms with Crippen LogP contribution in [0.2, 0.25) is 0 Å². The molecular weight excluding hydrogens is 362 g/mol. The molecule has 29 heavy (non-hydrogen) atoms. The molecule has 2 aromatic rings. The first-order chi connectivity index (χ1) is 13.3. The van der Waals surface area contributed by atoms with Gasteiger partial charge >= 0.3 is 0 Å². The summed E-state index contributed by atoms with van der Waals surface area (Å²) in [5.41, 5.74) is 3.20. The molecule has 0 bridgehead atoms. The van der Waals surface area contributed by atoms with Crippen molar-refractivity contribution in [2.24, 2.45) is 0 Å². The van der Waals surface area contributed by atoms with Crippen molar-refractivity contribution >= 4 is 17.7 Å². The van der Waals surface area contributed by atoms with Crippen LogP contribution in [0.4, 0.5) is 5.69 Å². The molecule has 0 unspecified atom stereocenters. The molecule has 3 N–H and O–H groups in total. The zero-order valence-electron chi connectivity index (χ0n) is 18.6. The van der Waals surface area contributed by atoms with Crippen molar-refractivity contribution in [2.75, 3.05) is 0 Å². The minimum absolute atomic E-state index is 0.261. The second-order valence-electron chi connectivity index (χ2n) is 9.57. The molecule has 0 saturated heterocycles. The maximum Gasteiger partial charge on any atom is 0.217 e. The second-order valence-corrected chi connectivity index (χ2v) is 9.57. The Morgan fingerprint density at radius 3 is 2.10 bits per heavy atom. The molecule has 0 spiro atoms. The van der Waals surface area contributed by atoms with Crippen molar-refractivity contribution in [3.05, 3.63) is 63.9 Å². The molecule has 156 valence electrons. The predicted molar refractivity (Wildman–Crippen MR) is 121 cm³/mol. The predicted octanol–water partition coefficient (Wildman–Crippen LogP) is 5.33. The summed E-state index contributed by atoms with van der Waals surface area (Å²) >= 11 is 0. The number of rotatable bonds is 4. The molecule has 0 aromatic heterocycles. The quantitative estimate of drug-likeness (QED) is 0.215. The molecule has 0 radical (unpaired) electrons. The number of nitrogens with one attached hydrogen (secondary N) is 2. The minimum Gasteiger partial charge on any atom is -0.618 e. The van der Waals surface area contributed by atoms with Crippen LogP contribution >= 0.6 is 0 Å². The van der Waals surface area contributed by atoms with Gasteiger partial charge in [0, 0.05) is 35.4 Å². The van der Waals surface area contributed by atoms with E-state index in [1.165, 1.54) is 0 Å². The Balaban J connectivity index is 2.51. The van der Waals surface area contributed by atoms with Gasteiger partial charge in [-0.1, -0.05) is 53.7 Å². The van der Waals surface area contributed by atoms with Crippen LogP contribution in [-0.2, 0) is 17.4 Å². The van der Waals surface area contributed by atoms with Gasteiger partial charge in [-0.2, -0.15) is 4.74 Å². The number of amidine groups is 1. The normalized spacial score (nSPS) is 12.7. The summed E-state index contributed by atoms with van der Waals surface area (Å²) in [5, 5.41) is 34.3. The summed E-state index contributed by atoms with van der Waals surface area (Å²) in [6.07, 6.45) is 1.55. The SMILES string of the molecule is CC(=N)NCc1cccc(/C=[N+](\[O-])c2cc(C(C)(C)C)c(O)c(C(C)(C)C)c2)c1. The Morgan fingerprint density at radius 2 is 1.62 bits per heavy atom. The van der Waals surface area contributed by atoms with Crippen LogP contribution in [0.1, 0.15) is 70.7 Å². The highest BCUT2D eigenvalue weighted by Gasteiger charge is 2.28. The zero-order valence-corrected chi connectivity index (χ0v) is 18.6. The highest BCUT2D eigenvalue weighted by molar-refractivity contribution is 5.78. The summed E-state index contributed by atoms with van der Waals surface area (Å²) < 4.78 is 0.859. The monoisotopic (exact) mass is 395 g/mol. The Bertz CT molecular complexity index is 897. The molecule has 5 heteroatoms. The fraction of sp³-hybridized carbons (Fsp3) is 0.417. The Morgan fingerprint density at radius 1 is 1.07 bits per heavy atom. The van der Waals surface area contributed by atoms with Gasteiger partial charge in [0.1, 0.15) is 5.75 Å². The molecule has 5 nitrogen and oxygen atoms in total. The molecule has 0 aliphatic rings. The van der Waals surface area contributed by atoms with E-state index in [0.29, 0.717) is 18.1 Å². The summed E-state index contributed by atoms with van der Waals surface area (Å²) in [7, 11) is 0. The maximum absolute atomic E-state index is 13.0. The smallest absolute Gasteiger partial charge is 0.217 e. The van der Waals surface area contributed by atoms with E-state index < -0.39 is 0 Å². The lowest BCUT2D eigenvalue weighted by atomic mass is 9.79. The van der Waals surface area contributed by atoms with Crippen molar-refractivity contribution in [1.82, 2.24) is 5.32 Å². The highest BCUT2D eigenvalue weighted by atomic mass is 16.5. The van der Waals surface area contributed by atoms with Crippen molar-refractivity contribution < 1.29 is 9.85 Å². The molecule has 0 aliphatic heterocycles. The van der Waals surface area contributed by atoms with Crippen molar-refractivity contribution in [3.8, 4) is 5.75 Å². The first kappa shape index (κ1) is 22.5. The number of aromatic hydroxyl groups is 1. The van der Waals surface area contributed by atoms with Gasteiger partial charge in [-0.05, 0) is 35.4 Å². The summed E-state index contributed by atoms with van der Waals surface area (Å²) in [4.78, 5) is 0. The summed E-state index contributed by atoms with van der Waals surface area (Å²) in [6.45, 7) is 14.4. The lowest BCUT2D eigenvalue weighted by molar-refractivity contribution is -0.354. The van der Waals surface area contributed by atoms with Gasteiger partial charge in [-0.15, -0.1) is 0 Å². The van der Waals surface area contributed by atoms with E-state index >= 15 is 0 Å². The van der Waals surface area contributed by atoms with Crippen molar-refractivity contribution in [3.63, 3.8) is 0 Å². The number of hydrogen-bond acceptors (Lipinski definition) is 3. The fourth-order valence-corrected chi connectivity index (χ4v) is 3.12. The van der Waals surface area contributed by atoms with Crippen LogP contribution in [0.3, 0.4) is 0 Å². The van der Waals surface area contributed by atoms with E-state index in [1.54, 1.807) is 25.3 Å². The number of nitrogens with zero attached hydrogens (tertiary/aromatic N) is 1. The van der Waals surface area contributed by atoms with Crippen LogP contribution < -0.4 is 5.32 Å². The molecule has 2 aromatic carbocycles. The summed E-state index contributed by atoms with van der Waals surface area (Å²) in [5.74, 6) is 0.663. The van der Waals surface area contributed by atoms with E-state index in [1.807, 2.05) is 65.8 Å². The van der Waals surface area contributed by atoms with Crippen LogP contribution in [0.15, 0.2) is 36.4 Å². The first-order valence-electron chi connectivity index (χ1n) is 9.86. The average Bonchev–Trinajstić information content (AvgIpc) is 2.58. The lowest BCUT2D eigenvalue weighted by Gasteiger charge is -2.27. The standard InChI is InChI=1S/C24H33N3O2/c1-16(25)26-14-17-9-8-10-18(11-17)15-27(29)19-12-20(23(2,3)4)22(28)21(13-19)24(5,6)7/h8-13,15,28H,14H2,1-7H3,(H2,25,26)/b27-15-. The van der Waals surface area contributed by atoms with Gasteiger partial charge < -0.3 is 15.6 Å². The van der Waals surface area contributed by atoms with Gasteiger partial charge in [0.15, 0.2) is 6.21 Å². The van der Waals surface area contributed by atoms with Gasteiger partial charge in [-0.25, -0.2) is 0 Å². The third-order valence-electron chi connectivity index (χ3n) is 4.74. The van der Waals surface area contributed by atoms with E-state index in [4.69, 9.17) is 5.41 Å². The molecule has 0 fully saturated rings. The van der Waals surface area contributed by atoms with E-state index in [-0.39, 0.29) is 16.6 Å². The molecule has 0 heterocycles. The number of phenols is 1. The van der Waals surface area contributed by atoms with Crippen molar-refractivity contribution in [2.45, 2.75) is 65.8 Å². The van der Waals surface area contributed by atoms with Crippen molar-refractivity contribution in [1.29, 1.82) is 5.41 Å². The fourth-order valence-electron chi connectivity index (χ4n) is 3.12. The first-order valence-corrected chi connectivity index (χ1v) is 9.86. The third-order valence-corrected chi connectivity index (χ3v) is 4.74. The van der Waals surface area contributed by atoms with Crippen LogP contribution in [-0.4, -0.2) is 21.9 Å². The summed E-state index contributed by atoms with van der Waals surface area (Å²) in [6, 6.07) is 11.2. The maximum atomic E-state index is 13.0. The zero-order chi connectivity index (χ0) is 22.0. The number of phenolic OH excluding ortho intramolecular Hbond substituents is 1. The third kappa shape index (κ3) is 5.83. The molecule has 2 rings (SSSR count). The molecule has 0 amide bonds. The van der Waals surface area contributed by atoms with Crippen LogP contribution in [0.5, 0.6) is 5.75 Å². The minimum atomic E-state index is -0.295. The van der Waals surface area contributed by atoms with Gasteiger partial charge in [0.2, 0.25) is 5.69 Å². The average molecular weight is 396 g/mol. The molecule has 0 saturated carbocycles. The number of hydrogen-bond donors (Lipinski definition) is 3. The van der Waals surface area contributed by atoms with Crippen LogP contribution in [0.25, 0.3) is 0 Å². The Hall–Kier alpha value is -2.82. The lowest BCUT2D eigenvalue weighted by Crippen LogP contribution is -2.18. The highest BCUT2D eigenvalue weighted by Crippen LogP contribution is 2.41. The second kappa shape index (κ2) is 8.27. The number of benzene rings is 2. The Kier molecular flexibility index (Phi) is 6.41. The van der Waals surface area contributed by atoms with E-state index in [0.717, 1.165) is 27.0 Å². The topological polar surface area (TPSA) is 82.2 Å². The van der Waals surface area contributed by atoms with Crippen LogP contribution in [0, 0.1) is 10.6 Å². The Labute approximate surface area is 174 Å². The largest absolute Gasteiger partial charge is 0.618 e. The van der Waals surface area contributed by atoms with Gasteiger partial charge in [-0.3, -0.25) is 5.41 Å². The van der Waals surface area contributed by atoms with Gasteiger partial charge in [0.25, 0.3) is 0 Å². The van der Waals surface area contributed by atoms with E-state index in [2.05, 4.69) is 5.32 Å². The molecular formula is C24H33N3O2. The van der Waals surface area contributed by atoms with E-state index in [9.17, 15) is 10.3 Å². The molecule has 0 atom stereocenters.